The molecule has 1 amide bonds. The predicted octanol–water partition coefficient (Wildman–Crippen LogP) is 2.07. The summed E-state index contributed by atoms with van der Waals surface area (Å²) in [5.41, 5.74) is 3.51. The van der Waals surface area contributed by atoms with E-state index in [0.29, 0.717) is 30.3 Å². The fraction of sp³-hybridized carbons (Fsp3) is 0.514. The molecule has 254 valence electrons. The van der Waals surface area contributed by atoms with E-state index < -0.39 is 5.41 Å². The predicted molar refractivity (Wildman–Crippen MR) is 180 cm³/mol. The van der Waals surface area contributed by atoms with Gasteiger partial charge < -0.3 is 15.0 Å². The summed E-state index contributed by atoms with van der Waals surface area (Å²) in [6, 6.07) is 10.9. The first kappa shape index (κ1) is 32.5. The first-order valence-corrected chi connectivity index (χ1v) is 16.8. The zero-order valence-corrected chi connectivity index (χ0v) is 28.1. The van der Waals surface area contributed by atoms with Crippen LogP contribution in [0.25, 0.3) is 5.65 Å². The van der Waals surface area contributed by atoms with Crippen molar-refractivity contribution in [3.8, 4) is 0 Å². The summed E-state index contributed by atoms with van der Waals surface area (Å²) in [6.45, 7) is 14.2. The van der Waals surface area contributed by atoms with Crippen LogP contribution >= 0.6 is 0 Å². The van der Waals surface area contributed by atoms with Crippen LogP contribution < -0.4 is 15.9 Å². The number of carbonyl (C=O) groups is 1. The molecule has 1 aromatic carbocycles. The number of hydrogen-bond acceptors (Lipinski definition) is 9. The maximum absolute atomic E-state index is 14.4. The van der Waals surface area contributed by atoms with Gasteiger partial charge in [0.1, 0.15) is 12.1 Å². The number of fused-ring (bicyclic) bond motifs is 3. The van der Waals surface area contributed by atoms with Crippen molar-refractivity contribution < 1.29 is 13.9 Å². The number of pyridine rings is 1. The maximum Gasteiger partial charge on any atom is 0.351 e. The lowest BCUT2D eigenvalue weighted by molar-refractivity contribution is -0.121. The molecule has 0 spiro atoms. The Labute approximate surface area is 279 Å². The highest BCUT2D eigenvalue weighted by atomic mass is 19.1. The molecule has 48 heavy (non-hydrogen) atoms. The Morgan fingerprint density at radius 1 is 1.15 bits per heavy atom. The van der Waals surface area contributed by atoms with Crippen LogP contribution in [-0.2, 0) is 27.9 Å². The molecule has 3 aromatic heterocycles. The Morgan fingerprint density at radius 2 is 1.96 bits per heavy atom. The molecule has 3 aliphatic heterocycles. The summed E-state index contributed by atoms with van der Waals surface area (Å²) in [5, 5.41) is 8.42. The quantitative estimate of drug-likeness (QED) is 0.304. The molecule has 7 rings (SSSR count). The van der Waals surface area contributed by atoms with E-state index in [4.69, 9.17) is 9.84 Å². The van der Waals surface area contributed by atoms with Gasteiger partial charge in [-0.15, -0.1) is 5.10 Å². The highest BCUT2D eigenvalue weighted by molar-refractivity contribution is 5.98. The van der Waals surface area contributed by atoms with Crippen LogP contribution in [0.2, 0.25) is 0 Å². The second kappa shape index (κ2) is 13.1. The largest absolute Gasteiger partial charge is 0.379 e. The number of ether oxygens (including phenoxy) is 1. The molecule has 0 radical (unpaired) electrons. The third-order valence-corrected chi connectivity index (χ3v) is 9.97. The number of nitrogens with one attached hydrogen (secondary N) is 1. The van der Waals surface area contributed by atoms with Gasteiger partial charge in [0, 0.05) is 74.4 Å². The highest BCUT2D eigenvalue weighted by Gasteiger charge is 2.43. The summed E-state index contributed by atoms with van der Waals surface area (Å²) in [5.74, 6) is -0.310. The van der Waals surface area contributed by atoms with Crippen molar-refractivity contribution in [2.75, 3.05) is 57.4 Å². The monoisotopic (exact) mass is 657 g/mol. The van der Waals surface area contributed by atoms with Crippen LogP contribution in [0.15, 0.2) is 53.7 Å². The van der Waals surface area contributed by atoms with E-state index in [9.17, 15) is 14.0 Å². The Kier molecular flexibility index (Phi) is 8.88. The number of benzene rings is 1. The van der Waals surface area contributed by atoms with Crippen LogP contribution in [0.1, 0.15) is 50.2 Å². The number of piperazine rings is 1. The summed E-state index contributed by atoms with van der Waals surface area (Å²) >= 11 is 0. The van der Waals surface area contributed by atoms with E-state index in [1.165, 1.54) is 23.1 Å². The molecule has 0 bridgehead atoms. The zero-order valence-electron chi connectivity index (χ0n) is 28.1. The van der Waals surface area contributed by atoms with Gasteiger partial charge in [-0.1, -0.05) is 26.0 Å². The van der Waals surface area contributed by atoms with Crippen molar-refractivity contribution in [2.24, 2.45) is 0 Å². The molecule has 0 unspecified atom stereocenters. The second-order valence-electron chi connectivity index (χ2n) is 14.2. The smallest absolute Gasteiger partial charge is 0.351 e. The number of nitrogens with zero attached hydrogens (tertiary/aromatic N) is 8. The lowest BCUT2D eigenvalue weighted by atomic mass is 9.90. The van der Waals surface area contributed by atoms with E-state index in [0.717, 1.165) is 61.9 Å². The third kappa shape index (κ3) is 6.39. The molecule has 0 saturated carbocycles. The van der Waals surface area contributed by atoms with Crippen molar-refractivity contribution in [3.05, 3.63) is 87.7 Å². The van der Waals surface area contributed by atoms with E-state index in [-0.39, 0.29) is 42.6 Å². The molecule has 6 heterocycles. The number of rotatable bonds is 8. The molecule has 3 aliphatic rings. The first-order valence-electron chi connectivity index (χ1n) is 16.8. The van der Waals surface area contributed by atoms with Crippen LogP contribution in [0.4, 0.5) is 10.1 Å². The van der Waals surface area contributed by atoms with Gasteiger partial charge in [0.2, 0.25) is 5.91 Å². The fourth-order valence-electron chi connectivity index (χ4n) is 7.45. The van der Waals surface area contributed by atoms with Crippen molar-refractivity contribution in [1.82, 2.24) is 39.3 Å². The van der Waals surface area contributed by atoms with Crippen LogP contribution in [0.3, 0.4) is 0 Å². The van der Waals surface area contributed by atoms with Gasteiger partial charge in [-0.2, -0.15) is 0 Å². The lowest BCUT2D eigenvalue weighted by Crippen LogP contribution is -2.62. The van der Waals surface area contributed by atoms with Gasteiger partial charge in [0.15, 0.2) is 5.65 Å². The van der Waals surface area contributed by atoms with Crippen LogP contribution in [-0.4, -0.2) is 110 Å². The number of amides is 1. The number of aromatic nitrogens is 5. The Balaban J connectivity index is 1.25. The average molecular weight is 658 g/mol. The third-order valence-electron chi connectivity index (χ3n) is 9.97. The highest BCUT2D eigenvalue weighted by Crippen LogP contribution is 2.42. The molecule has 1 N–H and O–H groups in total. The summed E-state index contributed by atoms with van der Waals surface area (Å²) in [4.78, 5) is 43.5. The van der Waals surface area contributed by atoms with E-state index in [1.807, 2.05) is 11.0 Å². The minimum absolute atomic E-state index is 0.00413. The maximum atomic E-state index is 14.4. The number of carbonyl (C=O) groups excluding carboxylic acids is 1. The van der Waals surface area contributed by atoms with Crippen molar-refractivity contribution in [2.45, 2.75) is 64.2 Å². The van der Waals surface area contributed by atoms with E-state index in [2.05, 4.69) is 52.8 Å². The molecule has 3 atom stereocenters. The summed E-state index contributed by atoms with van der Waals surface area (Å²) in [6.07, 6.45) is 3.50. The van der Waals surface area contributed by atoms with Gasteiger partial charge in [0.05, 0.1) is 43.4 Å². The first-order chi connectivity index (χ1) is 23.1. The molecular formula is C35H44FN9O3. The van der Waals surface area contributed by atoms with E-state index in [1.54, 1.807) is 28.8 Å². The Morgan fingerprint density at radius 3 is 2.71 bits per heavy atom. The van der Waals surface area contributed by atoms with Gasteiger partial charge in [0.25, 0.3) is 0 Å². The molecule has 2 fully saturated rings. The van der Waals surface area contributed by atoms with Crippen molar-refractivity contribution in [3.63, 3.8) is 0 Å². The number of hydrogen-bond donors (Lipinski definition) is 1. The number of morpholine rings is 1. The lowest BCUT2D eigenvalue weighted by Gasteiger charge is -2.43. The number of anilines is 1. The molecule has 2 saturated heterocycles. The summed E-state index contributed by atoms with van der Waals surface area (Å²) < 4.78 is 22.6. The average Bonchev–Trinajstić information content (AvgIpc) is 3.53. The Bertz CT molecular complexity index is 1840. The van der Waals surface area contributed by atoms with Crippen molar-refractivity contribution in [1.29, 1.82) is 0 Å². The zero-order chi connectivity index (χ0) is 33.6. The molecule has 13 heteroatoms. The standard InChI is InChI=1S/C35H44FN9O3/c1-23-16-42(29(15-38-23)18-41-11-12-48-20-24(41)2)19-31(46)43-21-35(3,4)32-30(43)14-26(13-25-5-7-27(36)8-6-25)33-40-44(34(47)45(32)33)17-28-9-10-37-22-39-28/h5-10,14,22-24,29,38H,11-13,15-21H2,1-4H3/t23-,24-,29-/m1/s1. The van der Waals surface area contributed by atoms with E-state index >= 15 is 0 Å². The minimum atomic E-state index is -0.524. The van der Waals surface area contributed by atoms with Crippen LogP contribution in [0, 0.1) is 5.82 Å². The van der Waals surface area contributed by atoms with Crippen LogP contribution in [0.5, 0.6) is 0 Å². The SMILES string of the molecule is C[C@@H]1CN(CC(=O)N2CC(C)(C)c3c2cc(Cc2ccc(F)cc2)c2nn(Cc4ccncn4)c(=O)n32)[C@@H](CN2CCOC[C@H]2C)CN1. The molecular weight excluding hydrogens is 613 g/mol. The molecule has 12 nitrogen and oxygen atoms in total. The number of halogens is 1. The van der Waals surface area contributed by atoms with Crippen molar-refractivity contribution >= 4 is 17.2 Å². The topological polar surface area (TPSA) is 113 Å². The molecule has 0 aliphatic carbocycles. The summed E-state index contributed by atoms with van der Waals surface area (Å²) in [7, 11) is 0. The van der Waals surface area contributed by atoms with Gasteiger partial charge >= 0.3 is 5.69 Å². The Hall–Kier alpha value is -4.04. The second-order valence-corrected chi connectivity index (χ2v) is 14.2. The van der Waals surface area contributed by atoms with Gasteiger partial charge in [-0.25, -0.2) is 28.2 Å². The van der Waals surface area contributed by atoms with Gasteiger partial charge in [-0.05, 0) is 43.7 Å². The fourth-order valence-corrected chi connectivity index (χ4v) is 7.45. The molecule has 4 aromatic rings. The van der Waals surface area contributed by atoms with Gasteiger partial charge in [-0.3, -0.25) is 14.6 Å². The normalized spacial score (nSPS) is 23.1. The minimum Gasteiger partial charge on any atom is -0.379 e.